The van der Waals surface area contributed by atoms with Crippen molar-refractivity contribution in [3.63, 3.8) is 0 Å². The molecule has 1 heterocycles. The number of alkyl halides is 2. The lowest BCUT2D eigenvalue weighted by molar-refractivity contribution is -0.124. The van der Waals surface area contributed by atoms with Crippen molar-refractivity contribution in [2.45, 2.75) is 64.0 Å². The third kappa shape index (κ3) is 3.88. The van der Waals surface area contributed by atoms with Crippen molar-refractivity contribution in [2.24, 2.45) is 11.8 Å². The second-order valence-electron chi connectivity index (χ2n) is 6.37. The van der Waals surface area contributed by atoms with Gasteiger partial charge in [0.05, 0.1) is 12.6 Å². The minimum absolute atomic E-state index is 0.157. The van der Waals surface area contributed by atoms with Gasteiger partial charge in [-0.25, -0.2) is 8.78 Å². The van der Waals surface area contributed by atoms with Gasteiger partial charge < -0.3 is 5.32 Å². The van der Waals surface area contributed by atoms with E-state index in [1.807, 2.05) is 0 Å². The fourth-order valence-corrected chi connectivity index (χ4v) is 3.17. The second-order valence-corrected chi connectivity index (χ2v) is 6.37. The normalized spacial score (nSPS) is 34.5. The highest BCUT2D eigenvalue weighted by Crippen LogP contribution is 2.30. The van der Waals surface area contributed by atoms with Gasteiger partial charge in [-0.1, -0.05) is 26.7 Å². The number of carbonyl (C=O) groups is 1. The zero-order valence-electron chi connectivity index (χ0n) is 11.7. The lowest BCUT2D eigenvalue weighted by atomic mass is 9.79. The molecule has 1 amide bonds. The second kappa shape index (κ2) is 5.73. The summed E-state index contributed by atoms with van der Waals surface area (Å²) >= 11 is 0. The van der Waals surface area contributed by atoms with E-state index in [0.29, 0.717) is 11.8 Å². The molecule has 0 radical (unpaired) electrons. The van der Waals surface area contributed by atoms with Crippen LogP contribution in [-0.4, -0.2) is 30.5 Å². The molecule has 3 unspecified atom stereocenters. The van der Waals surface area contributed by atoms with Gasteiger partial charge in [-0.2, -0.15) is 0 Å². The van der Waals surface area contributed by atoms with Gasteiger partial charge in [0.2, 0.25) is 5.91 Å². The first-order valence-electron chi connectivity index (χ1n) is 7.29. The number of carbonyl (C=O) groups excluding carboxylic acids is 1. The highest BCUT2D eigenvalue weighted by molar-refractivity contribution is 5.82. The fraction of sp³-hybridized carbons (Fsp3) is 0.929. The van der Waals surface area contributed by atoms with Crippen molar-refractivity contribution in [1.82, 2.24) is 10.6 Å². The molecule has 1 saturated heterocycles. The van der Waals surface area contributed by atoms with E-state index in [9.17, 15) is 13.6 Å². The van der Waals surface area contributed by atoms with E-state index >= 15 is 0 Å². The number of hydrogen-bond acceptors (Lipinski definition) is 2. The van der Waals surface area contributed by atoms with Crippen molar-refractivity contribution in [3.05, 3.63) is 0 Å². The Hall–Kier alpha value is -0.710. The first kappa shape index (κ1) is 14.7. The van der Waals surface area contributed by atoms with Gasteiger partial charge >= 0.3 is 0 Å². The van der Waals surface area contributed by atoms with Crippen LogP contribution >= 0.6 is 0 Å². The molecule has 1 saturated carbocycles. The van der Waals surface area contributed by atoms with Crippen LogP contribution in [-0.2, 0) is 4.79 Å². The van der Waals surface area contributed by atoms with Crippen molar-refractivity contribution in [3.8, 4) is 0 Å². The van der Waals surface area contributed by atoms with Gasteiger partial charge in [-0.15, -0.1) is 0 Å². The standard InChI is InChI=1S/C14H24F2N2O/c1-9(2)10-4-3-5-11(6-10)18-13(19)12-7-14(15,16)8-17-12/h9-12,17H,3-8H2,1-2H3,(H,18,19). The molecule has 0 spiro atoms. The maximum Gasteiger partial charge on any atom is 0.262 e. The van der Waals surface area contributed by atoms with Gasteiger partial charge in [0.15, 0.2) is 0 Å². The Labute approximate surface area is 113 Å². The van der Waals surface area contributed by atoms with Crippen LogP contribution in [0.2, 0.25) is 0 Å². The van der Waals surface area contributed by atoms with Crippen LogP contribution in [0.25, 0.3) is 0 Å². The van der Waals surface area contributed by atoms with Gasteiger partial charge in [0, 0.05) is 12.5 Å². The van der Waals surface area contributed by atoms with E-state index in [0.717, 1.165) is 19.3 Å². The molecule has 2 N–H and O–H groups in total. The quantitative estimate of drug-likeness (QED) is 0.829. The molecule has 2 fully saturated rings. The van der Waals surface area contributed by atoms with E-state index in [4.69, 9.17) is 0 Å². The van der Waals surface area contributed by atoms with Crippen molar-refractivity contribution < 1.29 is 13.6 Å². The summed E-state index contributed by atoms with van der Waals surface area (Å²) in [5.41, 5.74) is 0. The summed E-state index contributed by atoms with van der Waals surface area (Å²) in [5.74, 6) is -1.74. The fourth-order valence-electron chi connectivity index (χ4n) is 3.17. The van der Waals surface area contributed by atoms with E-state index < -0.39 is 12.0 Å². The first-order chi connectivity index (χ1) is 8.87. The highest BCUT2D eigenvalue weighted by atomic mass is 19.3. The average Bonchev–Trinajstić information content (AvgIpc) is 2.70. The molecule has 0 aromatic carbocycles. The summed E-state index contributed by atoms with van der Waals surface area (Å²) in [7, 11) is 0. The van der Waals surface area contributed by atoms with Gasteiger partial charge in [-0.3, -0.25) is 10.1 Å². The van der Waals surface area contributed by atoms with E-state index in [1.165, 1.54) is 6.42 Å². The molecular formula is C14H24F2N2O. The monoisotopic (exact) mass is 274 g/mol. The number of hydrogen-bond donors (Lipinski definition) is 2. The molecule has 2 rings (SSSR count). The Kier molecular flexibility index (Phi) is 4.43. The molecule has 2 aliphatic rings. The molecule has 1 aliphatic heterocycles. The molecule has 0 aromatic rings. The summed E-state index contributed by atoms with van der Waals surface area (Å²) in [6, 6.07) is -0.570. The first-order valence-corrected chi connectivity index (χ1v) is 7.29. The zero-order valence-corrected chi connectivity index (χ0v) is 11.7. The van der Waals surface area contributed by atoms with E-state index in [2.05, 4.69) is 24.5 Å². The number of nitrogens with one attached hydrogen (secondary N) is 2. The zero-order chi connectivity index (χ0) is 14.0. The lowest BCUT2D eigenvalue weighted by Gasteiger charge is -2.32. The Bertz CT molecular complexity index is 333. The molecular weight excluding hydrogens is 250 g/mol. The molecule has 5 heteroatoms. The van der Waals surface area contributed by atoms with Crippen LogP contribution in [0.15, 0.2) is 0 Å². The van der Waals surface area contributed by atoms with E-state index in [-0.39, 0.29) is 24.9 Å². The Morgan fingerprint density at radius 1 is 1.37 bits per heavy atom. The molecule has 19 heavy (non-hydrogen) atoms. The molecule has 3 nitrogen and oxygen atoms in total. The van der Waals surface area contributed by atoms with Crippen LogP contribution < -0.4 is 10.6 Å². The summed E-state index contributed by atoms with van der Waals surface area (Å²) in [4.78, 5) is 12.0. The van der Waals surface area contributed by atoms with Crippen LogP contribution in [0, 0.1) is 11.8 Å². The summed E-state index contributed by atoms with van der Waals surface area (Å²) in [5, 5.41) is 5.56. The van der Waals surface area contributed by atoms with Crippen LogP contribution in [0.4, 0.5) is 8.78 Å². The maximum absolute atomic E-state index is 13.1. The van der Waals surface area contributed by atoms with Gasteiger partial charge in [0.25, 0.3) is 5.92 Å². The number of rotatable bonds is 3. The van der Waals surface area contributed by atoms with Crippen molar-refractivity contribution >= 4 is 5.91 Å². The minimum atomic E-state index is -2.74. The molecule has 0 bridgehead atoms. The topological polar surface area (TPSA) is 41.1 Å². The largest absolute Gasteiger partial charge is 0.352 e. The SMILES string of the molecule is CC(C)C1CCCC(NC(=O)C2CC(F)(F)CN2)C1. The van der Waals surface area contributed by atoms with Crippen LogP contribution in [0.1, 0.15) is 46.0 Å². The smallest absolute Gasteiger partial charge is 0.262 e. The summed E-state index contributed by atoms with van der Waals surface area (Å²) in [6.07, 6.45) is 3.90. The minimum Gasteiger partial charge on any atom is -0.352 e. The highest BCUT2D eigenvalue weighted by Gasteiger charge is 2.42. The molecule has 110 valence electrons. The van der Waals surface area contributed by atoms with Gasteiger partial charge in [0.1, 0.15) is 0 Å². The predicted octanol–water partition coefficient (Wildman–Crippen LogP) is 2.31. The summed E-state index contributed by atoms with van der Waals surface area (Å²) < 4.78 is 26.1. The lowest BCUT2D eigenvalue weighted by Crippen LogP contribution is -2.47. The Balaban J connectivity index is 1.82. The van der Waals surface area contributed by atoms with Crippen LogP contribution in [0.5, 0.6) is 0 Å². The number of halogens is 2. The molecule has 1 aliphatic carbocycles. The molecule has 3 atom stereocenters. The number of amides is 1. The maximum atomic E-state index is 13.1. The molecule has 0 aromatic heterocycles. The third-order valence-corrected chi connectivity index (χ3v) is 4.43. The van der Waals surface area contributed by atoms with Crippen molar-refractivity contribution in [1.29, 1.82) is 0 Å². The predicted molar refractivity (Wildman–Crippen MR) is 70.1 cm³/mol. The van der Waals surface area contributed by atoms with E-state index in [1.54, 1.807) is 0 Å². The average molecular weight is 274 g/mol. The van der Waals surface area contributed by atoms with Crippen molar-refractivity contribution in [2.75, 3.05) is 6.54 Å². The Morgan fingerprint density at radius 2 is 2.11 bits per heavy atom. The Morgan fingerprint density at radius 3 is 2.68 bits per heavy atom. The summed E-state index contributed by atoms with van der Waals surface area (Å²) in [6.45, 7) is 4.02. The third-order valence-electron chi connectivity index (χ3n) is 4.43. The van der Waals surface area contributed by atoms with Crippen LogP contribution in [0.3, 0.4) is 0 Å². The van der Waals surface area contributed by atoms with Gasteiger partial charge in [-0.05, 0) is 24.7 Å².